The van der Waals surface area contributed by atoms with Gasteiger partial charge in [-0.05, 0) is 34.9 Å². The summed E-state index contributed by atoms with van der Waals surface area (Å²) in [6.45, 7) is 0.129. The minimum absolute atomic E-state index is 0.129. The molecule has 8 nitrogen and oxygen atoms in total. The second-order valence-corrected chi connectivity index (χ2v) is 10.1. The highest BCUT2D eigenvalue weighted by Gasteiger charge is 2.31. The molecule has 2 heterocycles. The van der Waals surface area contributed by atoms with Crippen molar-refractivity contribution in [1.29, 1.82) is 0 Å². The van der Waals surface area contributed by atoms with Crippen molar-refractivity contribution in [3.8, 4) is 28.1 Å². The molecule has 0 radical (unpaired) electrons. The zero-order valence-electron chi connectivity index (χ0n) is 20.1. The van der Waals surface area contributed by atoms with Crippen LogP contribution in [0.3, 0.4) is 0 Å². The second-order valence-electron chi connectivity index (χ2n) is 8.49. The van der Waals surface area contributed by atoms with E-state index in [1.807, 2.05) is 48.5 Å². The Morgan fingerprint density at radius 1 is 0.872 bits per heavy atom. The van der Waals surface area contributed by atoms with Crippen LogP contribution in [-0.2, 0) is 16.6 Å². The Balaban J connectivity index is 1.61. The van der Waals surface area contributed by atoms with Gasteiger partial charge in [0.05, 0.1) is 0 Å². The first-order chi connectivity index (χ1) is 18.6. The van der Waals surface area contributed by atoms with Gasteiger partial charge in [-0.2, -0.15) is 0 Å². The molecule has 3 aromatic carbocycles. The van der Waals surface area contributed by atoms with E-state index < -0.39 is 16.4 Å². The Morgan fingerprint density at radius 2 is 1.64 bits per heavy atom. The highest BCUT2D eigenvalue weighted by atomic mass is 32.2. The van der Waals surface area contributed by atoms with Gasteiger partial charge in [0.15, 0.2) is 5.82 Å². The van der Waals surface area contributed by atoms with Crippen molar-refractivity contribution in [2.45, 2.75) is 17.8 Å². The number of ether oxygens (including phenoxy) is 1. The van der Waals surface area contributed by atoms with Crippen LogP contribution >= 0.6 is 0 Å². The number of nitrogens with one attached hydrogen (secondary N) is 1. The summed E-state index contributed by atoms with van der Waals surface area (Å²) in [5.74, 6) is 0.0474. The molecule has 0 saturated heterocycles. The summed E-state index contributed by atoms with van der Waals surface area (Å²) in [6.07, 6.45) is -2.19. The van der Waals surface area contributed by atoms with E-state index in [-0.39, 0.29) is 17.2 Å². The average Bonchev–Trinajstić information content (AvgIpc) is 2.91. The molecular formula is C27H20F3N5O3S. The van der Waals surface area contributed by atoms with E-state index in [0.29, 0.717) is 33.4 Å². The zero-order valence-corrected chi connectivity index (χ0v) is 20.9. The van der Waals surface area contributed by atoms with E-state index in [1.165, 1.54) is 30.5 Å². The maximum Gasteiger partial charge on any atom is 0.573 e. The molecule has 5 rings (SSSR count). The van der Waals surface area contributed by atoms with Crippen LogP contribution in [0.2, 0.25) is 0 Å². The number of halogens is 3. The van der Waals surface area contributed by atoms with Gasteiger partial charge in [-0.15, -0.1) is 23.4 Å². The summed E-state index contributed by atoms with van der Waals surface area (Å²) >= 11 is 0. The molecule has 39 heavy (non-hydrogen) atoms. The lowest BCUT2D eigenvalue weighted by molar-refractivity contribution is -0.274. The first-order valence-corrected chi connectivity index (χ1v) is 13.0. The number of hydrogen-bond donors (Lipinski definition) is 2. The van der Waals surface area contributed by atoms with Crippen LogP contribution in [0, 0.1) is 0 Å². The zero-order chi connectivity index (χ0) is 27.6. The van der Waals surface area contributed by atoms with Crippen LogP contribution in [0.4, 0.5) is 19.0 Å². The molecule has 12 heteroatoms. The SMILES string of the molecule is NS(=O)(=O)c1cncc(-c2nnc(NCc3cccc(OC(F)(F)F)c3)c3c(-c4ccccc4)cccc23)c1. The van der Waals surface area contributed by atoms with Gasteiger partial charge in [0.1, 0.15) is 16.3 Å². The number of primary sulfonamides is 1. The topological polar surface area (TPSA) is 120 Å². The summed E-state index contributed by atoms with van der Waals surface area (Å²) in [4.78, 5) is 3.84. The number of sulfonamides is 1. The number of anilines is 1. The highest BCUT2D eigenvalue weighted by Crippen LogP contribution is 2.37. The molecule has 0 aliphatic carbocycles. The smallest absolute Gasteiger partial charge is 0.406 e. The maximum absolute atomic E-state index is 12.7. The van der Waals surface area contributed by atoms with Crippen LogP contribution in [0.15, 0.2) is 96.2 Å². The van der Waals surface area contributed by atoms with Crippen LogP contribution < -0.4 is 15.2 Å². The first-order valence-electron chi connectivity index (χ1n) is 11.5. The molecular weight excluding hydrogens is 531 g/mol. The summed E-state index contributed by atoms with van der Waals surface area (Å²) in [5, 5.41) is 18.5. The van der Waals surface area contributed by atoms with Crippen LogP contribution in [0.1, 0.15) is 5.56 Å². The third kappa shape index (κ3) is 5.97. The molecule has 0 fully saturated rings. The minimum atomic E-state index is -4.80. The average molecular weight is 552 g/mol. The van der Waals surface area contributed by atoms with Gasteiger partial charge in [-0.3, -0.25) is 4.98 Å². The number of nitrogens with two attached hydrogens (primary N) is 1. The van der Waals surface area contributed by atoms with Crippen molar-refractivity contribution in [3.63, 3.8) is 0 Å². The van der Waals surface area contributed by atoms with Gasteiger partial charge in [-0.1, -0.05) is 60.7 Å². The van der Waals surface area contributed by atoms with Crippen LogP contribution in [-0.4, -0.2) is 30.0 Å². The van der Waals surface area contributed by atoms with Crippen molar-refractivity contribution < 1.29 is 26.3 Å². The maximum atomic E-state index is 12.7. The fraction of sp³-hybridized carbons (Fsp3) is 0.0741. The Hall–Kier alpha value is -4.55. The lowest BCUT2D eigenvalue weighted by Gasteiger charge is -2.15. The van der Waals surface area contributed by atoms with Gasteiger partial charge in [0.25, 0.3) is 0 Å². The Labute approximate surface area is 221 Å². The molecule has 0 spiro atoms. The van der Waals surface area contributed by atoms with Crippen LogP contribution in [0.5, 0.6) is 5.75 Å². The van der Waals surface area contributed by atoms with Gasteiger partial charge < -0.3 is 10.1 Å². The van der Waals surface area contributed by atoms with E-state index >= 15 is 0 Å². The standard InChI is InChI=1S/C27H20F3N5O3S/c28-27(29,30)38-20-9-4-6-17(12-20)14-33-26-24-22(18-7-2-1-3-8-18)10-5-11-23(24)25(34-35-26)19-13-21(16-32-15-19)39(31,36)37/h1-13,15-16H,14H2,(H,33,35)(H2,31,36,37). The van der Waals surface area contributed by atoms with Crippen molar-refractivity contribution in [1.82, 2.24) is 15.2 Å². The number of pyridine rings is 1. The van der Waals surface area contributed by atoms with Crippen molar-refractivity contribution >= 4 is 26.6 Å². The van der Waals surface area contributed by atoms with Gasteiger partial charge in [0.2, 0.25) is 10.0 Å². The van der Waals surface area contributed by atoms with Gasteiger partial charge in [0, 0.05) is 35.3 Å². The lowest BCUT2D eigenvalue weighted by Crippen LogP contribution is -2.17. The number of alkyl halides is 3. The molecule has 2 aromatic heterocycles. The van der Waals surface area contributed by atoms with E-state index in [0.717, 1.165) is 17.3 Å². The molecule has 0 aliphatic rings. The number of aromatic nitrogens is 3. The summed E-state index contributed by atoms with van der Waals surface area (Å²) in [5.41, 5.74) is 3.01. The van der Waals surface area contributed by atoms with Crippen molar-refractivity contribution in [2.75, 3.05) is 5.32 Å². The fourth-order valence-corrected chi connectivity index (χ4v) is 4.65. The van der Waals surface area contributed by atoms with E-state index in [2.05, 4.69) is 25.2 Å². The number of nitrogens with zero attached hydrogens (tertiary/aromatic N) is 3. The lowest BCUT2D eigenvalue weighted by atomic mass is 9.96. The number of hydrogen-bond acceptors (Lipinski definition) is 7. The largest absolute Gasteiger partial charge is 0.573 e. The molecule has 0 amide bonds. The number of rotatable bonds is 7. The van der Waals surface area contributed by atoms with Gasteiger partial charge in [-0.25, -0.2) is 13.6 Å². The summed E-state index contributed by atoms with van der Waals surface area (Å²) in [6, 6.07) is 22.1. The third-order valence-corrected chi connectivity index (χ3v) is 6.68. The Kier molecular flexibility index (Phi) is 6.89. The summed E-state index contributed by atoms with van der Waals surface area (Å²) < 4.78 is 65.9. The predicted molar refractivity (Wildman–Crippen MR) is 140 cm³/mol. The van der Waals surface area contributed by atoms with E-state index in [9.17, 15) is 21.6 Å². The molecule has 0 bridgehead atoms. The number of fused-ring (bicyclic) bond motifs is 1. The normalized spacial score (nSPS) is 11.9. The fourth-order valence-electron chi connectivity index (χ4n) is 4.15. The number of benzene rings is 3. The molecule has 0 saturated carbocycles. The second kappa shape index (κ2) is 10.3. The minimum Gasteiger partial charge on any atom is -0.406 e. The highest BCUT2D eigenvalue weighted by molar-refractivity contribution is 7.89. The monoisotopic (exact) mass is 551 g/mol. The molecule has 0 unspecified atom stereocenters. The summed E-state index contributed by atoms with van der Waals surface area (Å²) in [7, 11) is -4.00. The Morgan fingerprint density at radius 3 is 2.38 bits per heavy atom. The molecule has 0 aliphatic heterocycles. The van der Waals surface area contributed by atoms with Crippen molar-refractivity contribution in [3.05, 3.63) is 96.8 Å². The Bertz CT molecular complexity index is 1760. The quantitative estimate of drug-likeness (QED) is 0.273. The van der Waals surface area contributed by atoms with E-state index in [1.54, 1.807) is 6.07 Å². The third-order valence-electron chi connectivity index (χ3n) is 5.80. The molecule has 3 N–H and O–H groups in total. The van der Waals surface area contributed by atoms with E-state index in [4.69, 9.17) is 5.14 Å². The molecule has 5 aromatic rings. The molecule has 198 valence electrons. The predicted octanol–water partition coefficient (Wildman–Crippen LogP) is 5.52. The molecule has 0 atom stereocenters. The van der Waals surface area contributed by atoms with Crippen molar-refractivity contribution in [2.24, 2.45) is 5.14 Å². The first kappa shape index (κ1) is 26.1. The van der Waals surface area contributed by atoms with Gasteiger partial charge >= 0.3 is 6.36 Å². The van der Waals surface area contributed by atoms with Crippen LogP contribution in [0.25, 0.3) is 33.2 Å².